The minimum absolute atomic E-state index is 0.00347. The summed E-state index contributed by atoms with van der Waals surface area (Å²) in [5.41, 5.74) is -1.19. The summed E-state index contributed by atoms with van der Waals surface area (Å²) in [5.74, 6) is -1.13. The molecule has 9 heteroatoms. The Labute approximate surface area is 829 Å². The van der Waals surface area contributed by atoms with Gasteiger partial charge < -0.3 is 38.3 Å². The molecule has 0 aliphatic heterocycles. The van der Waals surface area contributed by atoms with Crippen LogP contribution in [0.4, 0.5) is 0 Å². The monoisotopic (exact) mass is 1870 g/mol. The normalized spacial score (nSPS) is 16.8. The molecule has 2 fully saturated rings. The van der Waals surface area contributed by atoms with Crippen molar-refractivity contribution in [2.24, 2.45) is 5.92 Å². The number of carbonyl (C=O) groups excluding carboxylic acids is 1. The number of carbonyl (C=O) groups is 1. The number of rotatable bonds is 110. The van der Waals surface area contributed by atoms with Crippen LogP contribution < -0.4 is 0 Å². The lowest BCUT2D eigenvalue weighted by Crippen LogP contribution is -2.66. The van der Waals surface area contributed by atoms with Gasteiger partial charge in [-0.25, -0.2) is 4.79 Å². The fourth-order valence-corrected chi connectivity index (χ4v) is 21.5. The van der Waals surface area contributed by atoms with Crippen LogP contribution in [0.2, 0.25) is 0 Å². The van der Waals surface area contributed by atoms with Crippen molar-refractivity contribution < 1.29 is 43.1 Å². The van der Waals surface area contributed by atoms with Crippen LogP contribution in [0.3, 0.4) is 0 Å². The molecule has 3 atom stereocenters. The summed E-state index contributed by atoms with van der Waals surface area (Å²) in [6, 6.07) is 0. The van der Waals surface area contributed by atoms with Crippen LogP contribution >= 0.6 is 0 Å². The Balaban J connectivity index is 0.00000132. The smallest absolute Gasteiger partial charge is 0.343 e. The number of ether oxygens (including phenoxy) is 7. The average molecular weight is 1870 g/mol. The predicted octanol–water partition coefficient (Wildman–Crippen LogP) is 41.3. The van der Waals surface area contributed by atoms with Crippen molar-refractivity contribution in [1.29, 1.82) is 0 Å². The average Bonchev–Trinajstić information content (AvgIpc) is 0.743. The van der Waals surface area contributed by atoms with Gasteiger partial charge >= 0.3 is 5.97 Å². The van der Waals surface area contributed by atoms with Crippen molar-refractivity contribution >= 4 is 5.97 Å². The van der Waals surface area contributed by atoms with Crippen LogP contribution in [-0.2, 0) is 38.0 Å². The first kappa shape index (κ1) is 129. The lowest BCUT2D eigenvalue weighted by molar-refractivity contribution is -0.339. The lowest BCUT2D eigenvalue weighted by atomic mass is 9.78. The van der Waals surface area contributed by atoms with E-state index in [-0.39, 0.29) is 36.8 Å². The molecule has 2 aliphatic carbocycles. The molecule has 0 saturated heterocycles. The van der Waals surface area contributed by atoms with Gasteiger partial charge in [-0.1, -0.05) is 619 Å². The highest BCUT2D eigenvalue weighted by molar-refractivity contribution is 5.81. The van der Waals surface area contributed by atoms with Gasteiger partial charge in [-0.2, -0.15) is 0 Å². The minimum atomic E-state index is -1.19. The van der Waals surface area contributed by atoms with Gasteiger partial charge in [0.1, 0.15) is 6.10 Å². The van der Waals surface area contributed by atoms with Crippen LogP contribution in [0.15, 0.2) is 0 Å². The predicted molar refractivity (Wildman–Crippen MR) is 580 cm³/mol. The Kier molecular flexibility index (Phi) is 105. The first-order valence-corrected chi connectivity index (χ1v) is 61.8. The standard InChI is InChI=1S/C62H122O5.C61H122O4/c1-5-8-11-14-17-20-23-26-29-32-35-38-41-44-47-52-57-65-61(60(63)64-4)55-50-51-56-62(61,66-58-53-48-45-42-39-36-33-30-27-24-21-18-15-12-9-6-2)67-59-54-49-46-43-40-37-34-31-28-25-22-19-16-13-10-7-3;1-4-7-10-13-16-19-22-25-28-31-34-37-40-43-46-49-52-63-59-55-58(57-62)56-60(64-53-50-47-44-41-38-35-32-29-26-23-20-17-14-11-8-5-2)61(59)65-54-51-48-45-42-39-36-33-30-27-24-21-18-15-12-9-6-3/h5-59H2,1-4H3;58-62H,4-57H2,1-3H3. The summed E-state index contributed by atoms with van der Waals surface area (Å²) in [6.45, 7) is 18.3. The van der Waals surface area contributed by atoms with Gasteiger partial charge in [-0.3, -0.25) is 0 Å². The zero-order chi connectivity index (χ0) is 94.9. The molecule has 0 aromatic heterocycles. The minimum Gasteiger partial charge on any atom is -0.467 e. The number of hydrogen-bond donors (Lipinski definition) is 1. The van der Waals surface area contributed by atoms with E-state index in [4.69, 9.17) is 33.2 Å². The van der Waals surface area contributed by atoms with Crippen LogP contribution in [0.25, 0.3) is 0 Å². The fourth-order valence-electron chi connectivity index (χ4n) is 21.5. The molecule has 2 rings (SSSR count). The molecule has 2 saturated carbocycles. The molecule has 1 N–H and O–H groups in total. The van der Waals surface area contributed by atoms with E-state index < -0.39 is 11.4 Å². The van der Waals surface area contributed by atoms with Crippen LogP contribution in [0.1, 0.15) is 696 Å². The molecular formula is C123H244O9. The second-order valence-corrected chi connectivity index (χ2v) is 43.3. The summed E-state index contributed by atoms with van der Waals surface area (Å²) in [6.07, 6.45) is 136. The molecule has 0 aromatic rings. The Bertz CT molecular complexity index is 2050. The molecule has 0 heterocycles. The summed E-state index contributed by atoms with van der Waals surface area (Å²) >= 11 is 0. The van der Waals surface area contributed by atoms with E-state index >= 15 is 0 Å². The second-order valence-electron chi connectivity index (χ2n) is 43.3. The maximum atomic E-state index is 14.0. The first-order valence-electron chi connectivity index (χ1n) is 61.8. The molecule has 132 heavy (non-hydrogen) atoms. The Hall–Kier alpha value is -0.810. The Morgan fingerprint density at radius 1 is 0.220 bits per heavy atom. The lowest BCUT2D eigenvalue weighted by Gasteiger charge is -2.50. The molecule has 3 unspecified atom stereocenters. The molecule has 0 bridgehead atoms. The molecule has 790 valence electrons. The molecule has 0 amide bonds. The van der Waals surface area contributed by atoms with E-state index in [1.54, 1.807) is 0 Å². The van der Waals surface area contributed by atoms with Crippen molar-refractivity contribution in [3.8, 4) is 0 Å². The summed E-state index contributed by atoms with van der Waals surface area (Å²) in [4.78, 5) is 14.0. The third kappa shape index (κ3) is 82.7. The molecule has 0 spiro atoms. The molecule has 9 nitrogen and oxygen atoms in total. The highest BCUT2D eigenvalue weighted by Crippen LogP contribution is 2.46. The number of methoxy groups -OCH3 is 1. The van der Waals surface area contributed by atoms with Crippen molar-refractivity contribution in [2.75, 3.05) is 53.4 Å². The quantitative estimate of drug-likeness (QED) is 0.0362. The molecular weight excluding hydrogens is 1620 g/mol. The third-order valence-corrected chi connectivity index (χ3v) is 30.5. The topological polar surface area (TPSA) is 102 Å². The first-order chi connectivity index (χ1) is 65.4. The summed E-state index contributed by atoms with van der Waals surface area (Å²) < 4.78 is 46.3. The summed E-state index contributed by atoms with van der Waals surface area (Å²) in [5, 5.41) is 10.3. The number of aliphatic hydroxyl groups is 1. The number of esters is 1. The fraction of sp³-hybridized carbons (Fsp3) is 0.992. The van der Waals surface area contributed by atoms with Gasteiger partial charge in [-0.05, 0) is 76.5 Å². The van der Waals surface area contributed by atoms with E-state index in [1.807, 2.05) is 0 Å². The van der Waals surface area contributed by atoms with E-state index in [0.717, 1.165) is 90.4 Å². The van der Waals surface area contributed by atoms with Crippen molar-refractivity contribution in [2.45, 2.75) is 726 Å². The highest BCUT2D eigenvalue weighted by Gasteiger charge is 2.62. The van der Waals surface area contributed by atoms with Crippen molar-refractivity contribution in [1.82, 2.24) is 0 Å². The third-order valence-electron chi connectivity index (χ3n) is 30.5. The zero-order valence-electron chi connectivity index (χ0n) is 91.6. The van der Waals surface area contributed by atoms with Gasteiger partial charge in [0, 0.05) is 39.5 Å². The SMILES string of the molecule is CCCCCCCCCCCCCCCCCCOC1(OCCCCCCCCCCCCCCCCCC)CCCCC1(OCCCCCCCCCCCCCCCCCC)C(=O)OC.CCCCCCCCCCCCCCCCCCOC1CC(CO)CC(OCCCCCCCCCCCCCCCCCC)C1OCCCCCCCCCCCCCCCCCC. The van der Waals surface area contributed by atoms with Gasteiger partial charge in [0.05, 0.1) is 32.5 Å². The Morgan fingerprint density at radius 3 is 0.576 bits per heavy atom. The van der Waals surface area contributed by atoms with Crippen molar-refractivity contribution in [3.05, 3.63) is 0 Å². The van der Waals surface area contributed by atoms with Crippen LogP contribution in [0, 0.1) is 5.92 Å². The van der Waals surface area contributed by atoms with E-state index in [9.17, 15) is 9.90 Å². The molecule has 0 aromatic carbocycles. The van der Waals surface area contributed by atoms with E-state index in [2.05, 4.69) is 41.5 Å². The Morgan fingerprint density at radius 2 is 0.386 bits per heavy atom. The second kappa shape index (κ2) is 107. The van der Waals surface area contributed by atoms with Crippen LogP contribution in [-0.4, -0.2) is 94.1 Å². The zero-order valence-corrected chi connectivity index (χ0v) is 91.6. The highest BCUT2D eigenvalue weighted by atomic mass is 16.7. The maximum absolute atomic E-state index is 14.0. The number of hydrogen-bond acceptors (Lipinski definition) is 9. The molecule has 0 radical (unpaired) electrons. The maximum Gasteiger partial charge on any atom is 0.343 e. The van der Waals surface area contributed by atoms with Crippen LogP contribution in [0.5, 0.6) is 0 Å². The van der Waals surface area contributed by atoms with Crippen molar-refractivity contribution in [3.63, 3.8) is 0 Å². The number of aliphatic hydroxyl groups excluding tert-OH is 1. The van der Waals surface area contributed by atoms with Gasteiger partial charge in [0.25, 0.3) is 0 Å². The van der Waals surface area contributed by atoms with E-state index in [1.165, 1.54) is 579 Å². The van der Waals surface area contributed by atoms with E-state index in [0.29, 0.717) is 32.7 Å². The number of unbranched alkanes of at least 4 members (excludes halogenated alkanes) is 90. The van der Waals surface area contributed by atoms with Gasteiger partial charge in [0.2, 0.25) is 11.4 Å². The van der Waals surface area contributed by atoms with Gasteiger partial charge in [0.15, 0.2) is 0 Å². The largest absolute Gasteiger partial charge is 0.467 e. The van der Waals surface area contributed by atoms with Gasteiger partial charge in [-0.15, -0.1) is 0 Å². The summed E-state index contributed by atoms with van der Waals surface area (Å²) in [7, 11) is 1.52. The molecule has 2 aliphatic rings.